The van der Waals surface area contributed by atoms with E-state index in [2.05, 4.69) is 37.4 Å². The van der Waals surface area contributed by atoms with Crippen LogP contribution in [0.3, 0.4) is 0 Å². The summed E-state index contributed by atoms with van der Waals surface area (Å²) in [6, 6.07) is 6.68. The van der Waals surface area contributed by atoms with Gasteiger partial charge in [0.25, 0.3) is 0 Å². The van der Waals surface area contributed by atoms with Crippen molar-refractivity contribution in [2.75, 3.05) is 19.8 Å². The molecule has 1 rings (SSSR count). The normalized spacial score (nSPS) is 10.7. The molecule has 0 amide bonds. The summed E-state index contributed by atoms with van der Waals surface area (Å²) >= 11 is 0. The molecule has 0 unspecified atom stereocenters. The maximum Gasteiger partial charge on any atom is 0.0477 e. The van der Waals surface area contributed by atoms with Crippen LogP contribution in [0.4, 0.5) is 0 Å². The molecule has 0 aliphatic heterocycles. The van der Waals surface area contributed by atoms with Gasteiger partial charge in [-0.1, -0.05) is 29.3 Å². The van der Waals surface area contributed by atoms with Crippen LogP contribution >= 0.6 is 0 Å². The second-order valence-electron chi connectivity index (χ2n) is 4.22. The predicted molar refractivity (Wildman–Crippen MR) is 68.7 cm³/mol. The van der Waals surface area contributed by atoms with E-state index in [4.69, 9.17) is 4.74 Å². The number of nitrogens with one attached hydrogen (secondary N) is 1. The quantitative estimate of drug-likeness (QED) is 0.715. The molecule has 1 aromatic rings. The fourth-order valence-corrected chi connectivity index (χ4v) is 1.85. The third-order valence-corrected chi connectivity index (χ3v) is 2.46. The zero-order valence-electron chi connectivity index (χ0n) is 10.7. The average Bonchev–Trinajstić information content (AvgIpc) is 2.22. The van der Waals surface area contributed by atoms with Crippen LogP contribution in [-0.2, 0) is 11.3 Å². The van der Waals surface area contributed by atoms with Crippen molar-refractivity contribution in [1.82, 2.24) is 5.32 Å². The molecule has 0 aromatic heterocycles. The molecule has 0 spiro atoms. The maximum atomic E-state index is 5.28. The summed E-state index contributed by atoms with van der Waals surface area (Å²) in [5, 5.41) is 3.44. The molecule has 0 atom stereocenters. The first-order valence-corrected chi connectivity index (χ1v) is 6.08. The van der Waals surface area contributed by atoms with Crippen LogP contribution in [0.5, 0.6) is 0 Å². The molecule has 0 heterocycles. The summed E-state index contributed by atoms with van der Waals surface area (Å²) in [6.07, 6.45) is 1.08. The summed E-state index contributed by atoms with van der Waals surface area (Å²) in [6.45, 7) is 9.97. The van der Waals surface area contributed by atoms with Crippen molar-refractivity contribution in [3.05, 3.63) is 34.9 Å². The Bertz CT molecular complexity index is 289. The lowest BCUT2D eigenvalue weighted by molar-refractivity contribution is 0.144. The van der Waals surface area contributed by atoms with Gasteiger partial charge in [-0.15, -0.1) is 0 Å². The van der Waals surface area contributed by atoms with Gasteiger partial charge in [0, 0.05) is 19.8 Å². The van der Waals surface area contributed by atoms with Gasteiger partial charge in [0.15, 0.2) is 0 Å². The number of hydrogen-bond donors (Lipinski definition) is 1. The highest BCUT2D eigenvalue weighted by Crippen LogP contribution is 2.08. The van der Waals surface area contributed by atoms with E-state index in [1.165, 1.54) is 16.7 Å². The van der Waals surface area contributed by atoms with E-state index in [-0.39, 0.29) is 0 Å². The van der Waals surface area contributed by atoms with Gasteiger partial charge in [-0.3, -0.25) is 0 Å². The summed E-state index contributed by atoms with van der Waals surface area (Å²) < 4.78 is 5.28. The molecule has 2 heteroatoms. The molecule has 0 fully saturated rings. The SMILES string of the molecule is CCOCCCNCc1cc(C)cc(C)c1. The molecule has 2 nitrogen and oxygen atoms in total. The smallest absolute Gasteiger partial charge is 0.0477 e. The third-order valence-electron chi connectivity index (χ3n) is 2.46. The fraction of sp³-hybridized carbons (Fsp3) is 0.571. The van der Waals surface area contributed by atoms with Gasteiger partial charge in [-0.25, -0.2) is 0 Å². The molecule has 90 valence electrons. The zero-order valence-corrected chi connectivity index (χ0v) is 10.7. The van der Waals surface area contributed by atoms with Crippen molar-refractivity contribution in [3.8, 4) is 0 Å². The monoisotopic (exact) mass is 221 g/mol. The molecule has 0 radical (unpaired) electrons. The fourth-order valence-electron chi connectivity index (χ4n) is 1.85. The lowest BCUT2D eigenvalue weighted by Gasteiger charge is -2.07. The highest BCUT2D eigenvalue weighted by molar-refractivity contribution is 5.28. The predicted octanol–water partition coefficient (Wildman–Crippen LogP) is 2.82. The minimum Gasteiger partial charge on any atom is -0.382 e. The van der Waals surface area contributed by atoms with Crippen LogP contribution < -0.4 is 5.32 Å². The van der Waals surface area contributed by atoms with Crippen molar-refractivity contribution in [1.29, 1.82) is 0 Å². The molecule has 1 N–H and O–H groups in total. The highest BCUT2D eigenvalue weighted by atomic mass is 16.5. The van der Waals surface area contributed by atoms with E-state index in [0.29, 0.717) is 0 Å². The summed E-state index contributed by atoms with van der Waals surface area (Å²) in [7, 11) is 0. The van der Waals surface area contributed by atoms with Crippen molar-refractivity contribution >= 4 is 0 Å². The first-order valence-electron chi connectivity index (χ1n) is 6.08. The molecule has 0 saturated heterocycles. The third kappa shape index (κ3) is 5.29. The average molecular weight is 221 g/mol. The largest absolute Gasteiger partial charge is 0.382 e. The van der Waals surface area contributed by atoms with Gasteiger partial charge < -0.3 is 10.1 Å². The topological polar surface area (TPSA) is 21.3 Å². The number of hydrogen-bond acceptors (Lipinski definition) is 2. The van der Waals surface area contributed by atoms with Gasteiger partial charge in [-0.2, -0.15) is 0 Å². The van der Waals surface area contributed by atoms with E-state index < -0.39 is 0 Å². The second kappa shape index (κ2) is 7.42. The number of rotatable bonds is 7. The first kappa shape index (κ1) is 13.2. The number of aryl methyl sites for hydroxylation is 2. The van der Waals surface area contributed by atoms with Crippen LogP contribution in [-0.4, -0.2) is 19.8 Å². The molecular formula is C14H23NO. The van der Waals surface area contributed by atoms with Gasteiger partial charge in [0.05, 0.1) is 0 Å². The van der Waals surface area contributed by atoms with Gasteiger partial charge >= 0.3 is 0 Å². The standard InChI is InChI=1S/C14H23NO/c1-4-16-7-5-6-15-11-14-9-12(2)8-13(3)10-14/h8-10,15H,4-7,11H2,1-3H3. The van der Waals surface area contributed by atoms with Crippen LogP contribution in [0.25, 0.3) is 0 Å². The summed E-state index contributed by atoms with van der Waals surface area (Å²) in [5.74, 6) is 0. The number of benzene rings is 1. The molecule has 16 heavy (non-hydrogen) atoms. The molecule has 0 saturated carbocycles. The van der Waals surface area contributed by atoms with Crippen LogP contribution in [0, 0.1) is 13.8 Å². The minimum atomic E-state index is 0.817. The molecule has 0 aliphatic rings. The first-order chi connectivity index (χ1) is 7.72. The zero-order chi connectivity index (χ0) is 11.8. The molecule has 1 aromatic carbocycles. The van der Waals surface area contributed by atoms with E-state index >= 15 is 0 Å². The minimum absolute atomic E-state index is 0.817. The van der Waals surface area contributed by atoms with E-state index in [9.17, 15) is 0 Å². The van der Waals surface area contributed by atoms with Crippen molar-refractivity contribution in [2.45, 2.75) is 33.7 Å². The van der Waals surface area contributed by atoms with E-state index in [1.807, 2.05) is 6.92 Å². The lowest BCUT2D eigenvalue weighted by atomic mass is 10.1. The highest BCUT2D eigenvalue weighted by Gasteiger charge is 1.95. The molecule has 0 aliphatic carbocycles. The lowest BCUT2D eigenvalue weighted by Crippen LogP contribution is -2.16. The Labute approximate surface area is 99.0 Å². The molecule has 0 bridgehead atoms. The van der Waals surface area contributed by atoms with Crippen molar-refractivity contribution in [2.24, 2.45) is 0 Å². The van der Waals surface area contributed by atoms with Crippen LogP contribution in [0.15, 0.2) is 18.2 Å². The van der Waals surface area contributed by atoms with Gasteiger partial charge in [0.1, 0.15) is 0 Å². The van der Waals surface area contributed by atoms with E-state index in [1.54, 1.807) is 0 Å². The summed E-state index contributed by atoms with van der Waals surface area (Å²) in [4.78, 5) is 0. The van der Waals surface area contributed by atoms with Crippen LogP contribution in [0.1, 0.15) is 30.0 Å². The Kier molecular flexibility index (Phi) is 6.12. The van der Waals surface area contributed by atoms with Crippen molar-refractivity contribution in [3.63, 3.8) is 0 Å². The van der Waals surface area contributed by atoms with Gasteiger partial charge in [0.2, 0.25) is 0 Å². The van der Waals surface area contributed by atoms with Gasteiger partial charge in [-0.05, 0) is 39.3 Å². The Morgan fingerprint density at radius 2 is 1.81 bits per heavy atom. The molecular weight excluding hydrogens is 198 g/mol. The van der Waals surface area contributed by atoms with Crippen LogP contribution in [0.2, 0.25) is 0 Å². The summed E-state index contributed by atoms with van der Waals surface area (Å²) in [5.41, 5.74) is 4.05. The second-order valence-corrected chi connectivity index (χ2v) is 4.22. The Morgan fingerprint density at radius 1 is 1.12 bits per heavy atom. The van der Waals surface area contributed by atoms with Crippen molar-refractivity contribution < 1.29 is 4.74 Å². The Balaban J connectivity index is 2.21. The maximum absolute atomic E-state index is 5.28. The number of ether oxygens (including phenoxy) is 1. The van der Waals surface area contributed by atoms with E-state index in [0.717, 1.165) is 32.7 Å². The Hall–Kier alpha value is -0.860. The Morgan fingerprint density at radius 3 is 2.44 bits per heavy atom.